The first-order valence-corrected chi connectivity index (χ1v) is 9.94. The zero-order chi connectivity index (χ0) is 20.6. The molecule has 0 bridgehead atoms. The van der Waals surface area contributed by atoms with Crippen molar-refractivity contribution in [3.05, 3.63) is 48.0 Å². The summed E-state index contributed by atoms with van der Waals surface area (Å²) in [6, 6.07) is 13.1. The summed E-state index contributed by atoms with van der Waals surface area (Å²) in [5.41, 5.74) is 2.44. The summed E-state index contributed by atoms with van der Waals surface area (Å²) in [6.07, 6.45) is 0.555. The third-order valence-electron chi connectivity index (χ3n) is 5.27. The van der Waals surface area contributed by atoms with E-state index in [1.807, 2.05) is 24.3 Å². The molecular weight excluding hydrogens is 368 g/mol. The number of carbonyl (C=O) groups is 2. The van der Waals surface area contributed by atoms with Crippen molar-refractivity contribution >= 4 is 23.2 Å². The van der Waals surface area contributed by atoms with Crippen molar-refractivity contribution in [2.45, 2.75) is 32.6 Å². The standard InChI is InChI=1S/C23H26N2O4/c1-23(2,3)17-6-4-5-7-18(17)25-22(27)16-13-15(16)21(26)24-14-8-9-19-20(12-14)29-11-10-28-19/h4-9,12,15-16H,10-11,13H2,1-3H3,(H,24,26)(H,25,27). The zero-order valence-corrected chi connectivity index (χ0v) is 17.0. The lowest BCUT2D eigenvalue weighted by Crippen LogP contribution is -2.23. The molecule has 6 heteroatoms. The molecule has 0 saturated heterocycles. The Morgan fingerprint density at radius 1 is 0.897 bits per heavy atom. The van der Waals surface area contributed by atoms with Gasteiger partial charge in [0, 0.05) is 17.4 Å². The molecule has 1 aliphatic heterocycles. The molecule has 2 unspecified atom stereocenters. The van der Waals surface area contributed by atoms with Gasteiger partial charge in [0.25, 0.3) is 0 Å². The molecule has 152 valence electrons. The average molecular weight is 394 g/mol. The number of benzene rings is 2. The van der Waals surface area contributed by atoms with Crippen LogP contribution in [-0.2, 0) is 15.0 Å². The molecule has 2 aliphatic rings. The van der Waals surface area contributed by atoms with Gasteiger partial charge in [0.05, 0.1) is 11.8 Å². The van der Waals surface area contributed by atoms with E-state index in [-0.39, 0.29) is 29.1 Å². The molecule has 29 heavy (non-hydrogen) atoms. The summed E-state index contributed by atoms with van der Waals surface area (Å²) in [4.78, 5) is 25.3. The largest absolute Gasteiger partial charge is 0.486 e. The molecule has 0 spiro atoms. The van der Waals surface area contributed by atoms with Gasteiger partial charge in [-0.05, 0) is 35.6 Å². The Kier molecular flexibility index (Phi) is 4.94. The average Bonchev–Trinajstić information content (AvgIpc) is 3.49. The number of anilines is 2. The van der Waals surface area contributed by atoms with E-state index >= 15 is 0 Å². The predicted molar refractivity (Wildman–Crippen MR) is 111 cm³/mol. The highest BCUT2D eigenvalue weighted by Gasteiger charge is 2.48. The van der Waals surface area contributed by atoms with Gasteiger partial charge in [0.1, 0.15) is 13.2 Å². The van der Waals surface area contributed by atoms with Crippen LogP contribution in [0.4, 0.5) is 11.4 Å². The molecule has 2 atom stereocenters. The second-order valence-corrected chi connectivity index (χ2v) is 8.58. The van der Waals surface area contributed by atoms with Crippen LogP contribution in [0.1, 0.15) is 32.8 Å². The summed E-state index contributed by atoms with van der Waals surface area (Å²) in [7, 11) is 0. The van der Waals surface area contributed by atoms with Crippen LogP contribution in [-0.4, -0.2) is 25.0 Å². The second-order valence-electron chi connectivity index (χ2n) is 8.58. The Morgan fingerprint density at radius 3 is 2.28 bits per heavy atom. The van der Waals surface area contributed by atoms with Crippen molar-refractivity contribution in [2.24, 2.45) is 11.8 Å². The molecule has 0 radical (unpaired) electrons. The lowest BCUT2D eigenvalue weighted by Gasteiger charge is -2.23. The fourth-order valence-corrected chi connectivity index (χ4v) is 3.60. The van der Waals surface area contributed by atoms with Gasteiger partial charge in [-0.2, -0.15) is 0 Å². The van der Waals surface area contributed by atoms with Gasteiger partial charge in [-0.1, -0.05) is 39.0 Å². The zero-order valence-electron chi connectivity index (χ0n) is 17.0. The Balaban J connectivity index is 1.37. The minimum absolute atomic E-state index is 0.0809. The summed E-state index contributed by atoms with van der Waals surface area (Å²) >= 11 is 0. The highest BCUT2D eigenvalue weighted by atomic mass is 16.6. The Hall–Kier alpha value is -3.02. The lowest BCUT2D eigenvalue weighted by molar-refractivity contribution is -0.122. The maximum atomic E-state index is 12.7. The van der Waals surface area contributed by atoms with E-state index in [9.17, 15) is 9.59 Å². The molecule has 1 fully saturated rings. The number of carbonyl (C=O) groups excluding carboxylic acids is 2. The number of ether oxygens (including phenoxy) is 2. The van der Waals surface area contributed by atoms with Gasteiger partial charge in [0.2, 0.25) is 11.8 Å². The number of amides is 2. The van der Waals surface area contributed by atoms with Gasteiger partial charge in [0.15, 0.2) is 11.5 Å². The Labute approximate surface area is 170 Å². The highest BCUT2D eigenvalue weighted by Crippen LogP contribution is 2.41. The number of nitrogens with one attached hydrogen (secondary N) is 2. The SMILES string of the molecule is CC(C)(C)c1ccccc1NC(=O)C1CC1C(=O)Nc1ccc2c(c1)OCCO2. The first kappa shape index (κ1) is 19.3. The fraction of sp³-hybridized carbons (Fsp3) is 0.391. The maximum absolute atomic E-state index is 12.7. The van der Waals surface area contributed by atoms with Gasteiger partial charge in [-0.15, -0.1) is 0 Å². The molecule has 6 nitrogen and oxygen atoms in total. The first-order valence-electron chi connectivity index (χ1n) is 9.94. The van der Waals surface area contributed by atoms with E-state index < -0.39 is 0 Å². The van der Waals surface area contributed by atoms with Crippen molar-refractivity contribution in [2.75, 3.05) is 23.8 Å². The van der Waals surface area contributed by atoms with Crippen LogP contribution in [0.15, 0.2) is 42.5 Å². The van der Waals surface area contributed by atoms with Crippen molar-refractivity contribution < 1.29 is 19.1 Å². The molecule has 0 aromatic heterocycles. The number of hydrogen-bond donors (Lipinski definition) is 2. The monoisotopic (exact) mass is 394 g/mol. The first-order chi connectivity index (χ1) is 13.8. The fourth-order valence-electron chi connectivity index (χ4n) is 3.60. The summed E-state index contributed by atoms with van der Waals surface area (Å²) in [6.45, 7) is 7.34. The molecule has 2 amide bonds. The van der Waals surface area contributed by atoms with Crippen LogP contribution in [0, 0.1) is 11.8 Å². The van der Waals surface area contributed by atoms with Crippen LogP contribution in [0.3, 0.4) is 0 Å². The van der Waals surface area contributed by atoms with Gasteiger partial charge in [-0.25, -0.2) is 0 Å². The van der Waals surface area contributed by atoms with Crippen molar-refractivity contribution in [3.8, 4) is 11.5 Å². The van der Waals surface area contributed by atoms with E-state index in [4.69, 9.17) is 9.47 Å². The minimum atomic E-state index is -0.315. The van der Waals surface area contributed by atoms with Gasteiger partial charge in [-0.3, -0.25) is 9.59 Å². The summed E-state index contributed by atoms with van der Waals surface area (Å²) in [5, 5.41) is 5.90. The molecule has 2 N–H and O–H groups in total. The Morgan fingerprint density at radius 2 is 1.55 bits per heavy atom. The summed E-state index contributed by atoms with van der Waals surface area (Å²) < 4.78 is 11.0. The molecule has 2 aromatic rings. The van der Waals surface area contributed by atoms with E-state index in [0.717, 1.165) is 11.3 Å². The third kappa shape index (κ3) is 4.21. The van der Waals surface area contributed by atoms with E-state index in [2.05, 4.69) is 31.4 Å². The van der Waals surface area contributed by atoms with E-state index in [1.54, 1.807) is 18.2 Å². The summed E-state index contributed by atoms with van der Waals surface area (Å²) in [5.74, 6) is 0.425. The van der Waals surface area contributed by atoms with E-state index in [0.29, 0.717) is 36.8 Å². The van der Waals surface area contributed by atoms with Crippen LogP contribution >= 0.6 is 0 Å². The maximum Gasteiger partial charge on any atom is 0.228 e. The van der Waals surface area contributed by atoms with Gasteiger partial charge >= 0.3 is 0 Å². The van der Waals surface area contributed by atoms with Gasteiger partial charge < -0.3 is 20.1 Å². The van der Waals surface area contributed by atoms with Crippen LogP contribution in [0.5, 0.6) is 11.5 Å². The van der Waals surface area contributed by atoms with Crippen LogP contribution < -0.4 is 20.1 Å². The predicted octanol–water partition coefficient (Wildman–Crippen LogP) is 3.97. The molecule has 1 aliphatic carbocycles. The normalized spacial score (nSPS) is 20.0. The second kappa shape index (κ2) is 7.43. The third-order valence-corrected chi connectivity index (χ3v) is 5.27. The number of rotatable bonds is 4. The van der Waals surface area contributed by atoms with E-state index in [1.165, 1.54) is 0 Å². The quantitative estimate of drug-likeness (QED) is 0.823. The molecule has 1 heterocycles. The molecule has 2 aromatic carbocycles. The van der Waals surface area contributed by atoms with Crippen molar-refractivity contribution in [1.29, 1.82) is 0 Å². The molecule has 4 rings (SSSR count). The van der Waals surface area contributed by atoms with Crippen molar-refractivity contribution in [1.82, 2.24) is 0 Å². The molecule has 1 saturated carbocycles. The van der Waals surface area contributed by atoms with Crippen LogP contribution in [0.25, 0.3) is 0 Å². The van der Waals surface area contributed by atoms with Crippen molar-refractivity contribution in [3.63, 3.8) is 0 Å². The Bertz CT molecular complexity index is 948. The number of para-hydroxylation sites is 1. The lowest BCUT2D eigenvalue weighted by atomic mass is 9.86. The number of hydrogen-bond acceptors (Lipinski definition) is 4. The molecular formula is C23H26N2O4. The number of fused-ring (bicyclic) bond motifs is 1. The van der Waals surface area contributed by atoms with Crippen LogP contribution in [0.2, 0.25) is 0 Å². The topological polar surface area (TPSA) is 76.7 Å². The smallest absolute Gasteiger partial charge is 0.228 e. The highest BCUT2D eigenvalue weighted by molar-refractivity contribution is 6.03. The minimum Gasteiger partial charge on any atom is -0.486 e.